The normalized spacial score (nSPS) is 14.3. The Morgan fingerprint density at radius 3 is 2.40 bits per heavy atom. The van der Waals surface area contributed by atoms with Gasteiger partial charge < -0.3 is 14.2 Å². The highest BCUT2D eigenvalue weighted by atomic mass is 16.4. The minimum absolute atomic E-state index is 0.0551. The van der Waals surface area contributed by atoms with Crippen LogP contribution in [0.1, 0.15) is 10.4 Å². The van der Waals surface area contributed by atoms with Crippen molar-refractivity contribution in [2.75, 3.05) is 31.1 Å². The molecule has 5 rings (SSSR count). The number of nitrogens with zero attached hydrogens (tertiary/aromatic N) is 2. The van der Waals surface area contributed by atoms with E-state index in [1.807, 2.05) is 77.7 Å². The molecule has 1 aliphatic heterocycles. The van der Waals surface area contributed by atoms with Gasteiger partial charge in [-0.25, -0.2) is 4.79 Å². The zero-order valence-corrected chi connectivity index (χ0v) is 16.4. The molecule has 1 amide bonds. The largest absolute Gasteiger partial charge is 0.417 e. The lowest BCUT2D eigenvalue weighted by Gasteiger charge is -2.36. The van der Waals surface area contributed by atoms with E-state index >= 15 is 0 Å². The molecule has 0 radical (unpaired) electrons. The summed E-state index contributed by atoms with van der Waals surface area (Å²) in [6.07, 6.45) is 0. The number of nitrogens with one attached hydrogen (secondary N) is 1. The summed E-state index contributed by atoms with van der Waals surface area (Å²) in [5.74, 6) is -0.394. The van der Waals surface area contributed by atoms with E-state index in [1.165, 1.54) is 0 Å². The number of aromatic amines is 1. The van der Waals surface area contributed by atoms with Crippen molar-refractivity contribution in [3.63, 3.8) is 0 Å². The van der Waals surface area contributed by atoms with Crippen LogP contribution in [0.5, 0.6) is 0 Å². The van der Waals surface area contributed by atoms with E-state index in [-0.39, 0.29) is 5.91 Å². The van der Waals surface area contributed by atoms with E-state index < -0.39 is 5.76 Å². The van der Waals surface area contributed by atoms with Gasteiger partial charge in [0.2, 0.25) is 0 Å². The maximum Gasteiger partial charge on any atom is 0.417 e. The van der Waals surface area contributed by atoms with Crippen molar-refractivity contribution in [1.29, 1.82) is 0 Å². The van der Waals surface area contributed by atoms with Crippen LogP contribution in [0.15, 0.2) is 82.0 Å². The third-order valence-electron chi connectivity index (χ3n) is 5.55. The molecule has 4 aromatic rings. The fourth-order valence-corrected chi connectivity index (χ4v) is 3.94. The molecule has 1 saturated heterocycles. The second-order valence-corrected chi connectivity index (χ2v) is 7.42. The van der Waals surface area contributed by atoms with E-state index in [9.17, 15) is 9.59 Å². The number of fused-ring (bicyclic) bond motifs is 1. The molecule has 30 heavy (non-hydrogen) atoms. The number of benzene rings is 3. The Hall–Kier alpha value is -3.80. The highest BCUT2D eigenvalue weighted by Crippen LogP contribution is 2.23. The minimum Gasteiger partial charge on any atom is -0.408 e. The maximum absolute atomic E-state index is 13.1. The highest BCUT2D eigenvalue weighted by molar-refractivity contribution is 5.95. The van der Waals surface area contributed by atoms with Gasteiger partial charge in [0.1, 0.15) is 0 Å². The quantitative estimate of drug-likeness (QED) is 0.570. The van der Waals surface area contributed by atoms with E-state index in [2.05, 4.69) is 9.88 Å². The molecule has 0 saturated carbocycles. The van der Waals surface area contributed by atoms with E-state index in [0.29, 0.717) is 29.8 Å². The van der Waals surface area contributed by atoms with Crippen LogP contribution >= 0.6 is 0 Å². The summed E-state index contributed by atoms with van der Waals surface area (Å²) in [6, 6.07) is 23.6. The molecule has 6 heteroatoms. The van der Waals surface area contributed by atoms with Crippen molar-refractivity contribution in [1.82, 2.24) is 9.88 Å². The minimum atomic E-state index is -0.449. The van der Waals surface area contributed by atoms with Crippen LogP contribution in [0.25, 0.3) is 22.2 Å². The fourth-order valence-electron chi connectivity index (χ4n) is 3.94. The van der Waals surface area contributed by atoms with Gasteiger partial charge in [-0.3, -0.25) is 9.78 Å². The summed E-state index contributed by atoms with van der Waals surface area (Å²) >= 11 is 0. The summed E-state index contributed by atoms with van der Waals surface area (Å²) in [5.41, 5.74) is 5.08. The van der Waals surface area contributed by atoms with E-state index in [1.54, 1.807) is 0 Å². The van der Waals surface area contributed by atoms with Gasteiger partial charge in [0.05, 0.1) is 5.52 Å². The summed E-state index contributed by atoms with van der Waals surface area (Å²) in [6.45, 7) is 2.74. The van der Waals surface area contributed by atoms with Gasteiger partial charge in [-0.1, -0.05) is 42.5 Å². The van der Waals surface area contributed by atoms with Gasteiger partial charge in [0, 0.05) is 43.5 Å². The first-order chi connectivity index (χ1) is 14.7. The summed E-state index contributed by atoms with van der Waals surface area (Å²) < 4.78 is 5.16. The summed E-state index contributed by atoms with van der Waals surface area (Å²) in [4.78, 5) is 31.2. The van der Waals surface area contributed by atoms with Crippen molar-refractivity contribution in [3.8, 4) is 11.1 Å². The molecule has 0 unspecified atom stereocenters. The molecule has 6 nitrogen and oxygen atoms in total. The molecule has 0 aliphatic carbocycles. The number of hydrogen-bond donors (Lipinski definition) is 1. The zero-order valence-electron chi connectivity index (χ0n) is 16.4. The monoisotopic (exact) mass is 399 g/mol. The van der Waals surface area contributed by atoms with Crippen LogP contribution in [0.4, 0.5) is 5.69 Å². The molecular formula is C24H21N3O3. The van der Waals surface area contributed by atoms with E-state index in [0.717, 1.165) is 29.9 Å². The Morgan fingerprint density at radius 1 is 0.833 bits per heavy atom. The first-order valence-corrected chi connectivity index (χ1v) is 10.00. The van der Waals surface area contributed by atoms with Crippen LogP contribution in [0.2, 0.25) is 0 Å². The molecule has 2 heterocycles. The van der Waals surface area contributed by atoms with Gasteiger partial charge in [0.15, 0.2) is 5.58 Å². The second-order valence-electron chi connectivity index (χ2n) is 7.42. The first kappa shape index (κ1) is 18.2. The standard InChI is InChI=1S/C24H21N3O3/c28-23(19-8-4-7-18(15-19)17-5-2-1-3-6-17)27-13-11-26(12-14-27)20-9-10-21-22(16-20)30-24(29)25-21/h1-10,15-16H,11-14H2,(H,25,29). The van der Waals surface area contributed by atoms with Crippen molar-refractivity contribution < 1.29 is 9.21 Å². The molecule has 0 spiro atoms. The molecule has 1 fully saturated rings. The number of H-pyrrole nitrogens is 1. The van der Waals surface area contributed by atoms with Gasteiger partial charge in [-0.2, -0.15) is 0 Å². The predicted octanol–water partition coefficient (Wildman–Crippen LogP) is 3.75. The lowest BCUT2D eigenvalue weighted by molar-refractivity contribution is 0.0747. The number of aromatic nitrogens is 1. The molecule has 0 bridgehead atoms. The molecule has 150 valence electrons. The predicted molar refractivity (Wildman–Crippen MR) is 117 cm³/mol. The number of rotatable bonds is 3. The van der Waals surface area contributed by atoms with Gasteiger partial charge in [-0.05, 0) is 35.4 Å². The number of carbonyl (C=O) groups is 1. The van der Waals surface area contributed by atoms with Crippen molar-refractivity contribution in [3.05, 3.63) is 88.9 Å². The fraction of sp³-hybridized carbons (Fsp3) is 0.167. The molecular weight excluding hydrogens is 378 g/mol. The Labute approximate surface area is 173 Å². The topological polar surface area (TPSA) is 69.6 Å². The second kappa shape index (κ2) is 7.55. The highest BCUT2D eigenvalue weighted by Gasteiger charge is 2.23. The summed E-state index contributed by atoms with van der Waals surface area (Å²) in [7, 11) is 0. The van der Waals surface area contributed by atoms with Crippen LogP contribution < -0.4 is 10.7 Å². The number of oxazole rings is 1. The Kier molecular flexibility index (Phi) is 4.59. The molecule has 1 aliphatic rings. The van der Waals surface area contributed by atoms with Gasteiger partial charge in [-0.15, -0.1) is 0 Å². The zero-order chi connectivity index (χ0) is 20.5. The number of carbonyl (C=O) groups excluding carboxylic acids is 1. The van der Waals surface area contributed by atoms with Crippen molar-refractivity contribution in [2.24, 2.45) is 0 Å². The molecule has 3 aromatic carbocycles. The molecule has 0 atom stereocenters. The van der Waals surface area contributed by atoms with Crippen LogP contribution in [0.3, 0.4) is 0 Å². The lowest BCUT2D eigenvalue weighted by atomic mass is 10.0. The Bertz CT molecular complexity index is 1250. The van der Waals surface area contributed by atoms with Crippen molar-refractivity contribution >= 4 is 22.7 Å². The molecule has 1 aromatic heterocycles. The average molecular weight is 399 g/mol. The van der Waals surface area contributed by atoms with Crippen LogP contribution in [-0.2, 0) is 0 Å². The first-order valence-electron chi connectivity index (χ1n) is 10.00. The summed E-state index contributed by atoms with van der Waals surface area (Å²) in [5, 5.41) is 0. The molecule has 1 N–H and O–H groups in total. The van der Waals surface area contributed by atoms with Gasteiger partial charge in [0.25, 0.3) is 5.91 Å². The number of hydrogen-bond acceptors (Lipinski definition) is 4. The van der Waals surface area contributed by atoms with E-state index in [4.69, 9.17) is 4.42 Å². The van der Waals surface area contributed by atoms with Gasteiger partial charge >= 0.3 is 5.76 Å². The van der Waals surface area contributed by atoms with Crippen molar-refractivity contribution in [2.45, 2.75) is 0 Å². The average Bonchev–Trinajstić information content (AvgIpc) is 3.18. The number of piperazine rings is 1. The lowest BCUT2D eigenvalue weighted by Crippen LogP contribution is -2.48. The smallest absolute Gasteiger partial charge is 0.408 e. The number of amides is 1. The number of anilines is 1. The Balaban J connectivity index is 1.29. The van der Waals surface area contributed by atoms with Crippen LogP contribution in [-0.4, -0.2) is 42.0 Å². The third kappa shape index (κ3) is 3.48. The third-order valence-corrected chi connectivity index (χ3v) is 5.55. The maximum atomic E-state index is 13.1. The Morgan fingerprint density at radius 2 is 1.60 bits per heavy atom. The van der Waals surface area contributed by atoms with Crippen LogP contribution in [0, 0.1) is 0 Å². The SMILES string of the molecule is O=C(c1cccc(-c2ccccc2)c1)N1CCN(c2ccc3[nH]c(=O)oc3c2)CC1.